The quantitative estimate of drug-likeness (QED) is 0.817. The molecule has 2 rings (SSSR count). The molecule has 0 aliphatic heterocycles. The van der Waals surface area contributed by atoms with Crippen molar-refractivity contribution in [2.75, 3.05) is 25.6 Å². The first-order valence-electron chi connectivity index (χ1n) is 5.50. The molecule has 0 amide bonds. The second-order valence-electron chi connectivity index (χ2n) is 3.53. The van der Waals surface area contributed by atoms with E-state index in [4.69, 9.17) is 9.84 Å². The Hall–Kier alpha value is -2.21. The van der Waals surface area contributed by atoms with Crippen LogP contribution >= 0.6 is 0 Å². The third-order valence-corrected chi connectivity index (χ3v) is 2.33. The zero-order valence-corrected chi connectivity index (χ0v) is 10.00. The van der Waals surface area contributed by atoms with Crippen molar-refractivity contribution in [3.05, 3.63) is 30.7 Å². The molecule has 2 N–H and O–H groups in total. The van der Waals surface area contributed by atoms with Crippen LogP contribution in [0.15, 0.2) is 30.7 Å². The normalized spacial score (nSPS) is 10.1. The highest BCUT2D eigenvalue weighted by atomic mass is 16.5. The molecule has 6 nitrogen and oxygen atoms in total. The van der Waals surface area contributed by atoms with E-state index in [1.54, 1.807) is 25.4 Å². The molecule has 2 aromatic heterocycles. The van der Waals surface area contributed by atoms with Crippen molar-refractivity contribution in [2.24, 2.45) is 0 Å². The van der Waals surface area contributed by atoms with Gasteiger partial charge in [0.25, 0.3) is 0 Å². The van der Waals surface area contributed by atoms with E-state index in [-0.39, 0.29) is 6.61 Å². The van der Waals surface area contributed by atoms with Crippen LogP contribution in [0.4, 0.5) is 5.82 Å². The SMILES string of the molecule is COc1ccc(-c2cc(NCCO)ncn2)cn1. The first kappa shape index (κ1) is 12.3. The summed E-state index contributed by atoms with van der Waals surface area (Å²) in [6.45, 7) is 0.515. The van der Waals surface area contributed by atoms with E-state index in [1.165, 1.54) is 6.33 Å². The topological polar surface area (TPSA) is 80.2 Å². The minimum atomic E-state index is 0.0590. The summed E-state index contributed by atoms with van der Waals surface area (Å²) < 4.78 is 5.00. The zero-order chi connectivity index (χ0) is 12.8. The number of hydrogen-bond donors (Lipinski definition) is 2. The van der Waals surface area contributed by atoms with E-state index in [0.29, 0.717) is 18.2 Å². The Bertz CT molecular complexity index is 502. The number of nitrogens with one attached hydrogen (secondary N) is 1. The van der Waals surface area contributed by atoms with Gasteiger partial charge in [0, 0.05) is 30.4 Å². The van der Waals surface area contributed by atoms with Gasteiger partial charge in [0.05, 0.1) is 19.4 Å². The molecule has 0 radical (unpaired) electrons. The molecule has 0 spiro atoms. The zero-order valence-electron chi connectivity index (χ0n) is 10.00. The molecule has 0 saturated carbocycles. The fourth-order valence-corrected chi connectivity index (χ4v) is 1.45. The Kier molecular flexibility index (Phi) is 4.03. The first-order chi connectivity index (χ1) is 8.83. The van der Waals surface area contributed by atoms with Crippen molar-refractivity contribution in [3.63, 3.8) is 0 Å². The largest absolute Gasteiger partial charge is 0.481 e. The highest BCUT2D eigenvalue weighted by Gasteiger charge is 2.02. The molecule has 0 saturated heterocycles. The van der Waals surface area contributed by atoms with Crippen molar-refractivity contribution in [1.82, 2.24) is 15.0 Å². The predicted molar refractivity (Wildman–Crippen MR) is 67.4 cm³/mol. The number of aliphatic hydroxyl groups excluding tert-OH is 1. The van der Waals surface area contributed by atoms with Crippen LogP contribution in [0.2, 0.25) is 0 Å². The third kappa shape index (κ3) is 2.92. The Morgan fingerprint density at radius 1 is 1.28 bits per heavy atom. The van der Waals surface area contributed by atoms with Crippen LogP contribution in [0.25, 0.3) is 11.3 Å². The number of ether oxygens (including phenoxy) is 1. The van der Waals surface area contributed by atoms with E-state index in [1.807, 2.05) is 6.07 Å². The van der Waals surface area contributed by atoms with Gasteiger partial charge in [0.2, 0.25) is 5.88 Å². The molecule has 18 heavy (non-hydrogen) atoms. The molecule has 2 heterocycles. The number of anilines is 1. The maximum atomic E-state index is 8.74. The average Bonchev–Trinajstić information content (AvgIpc) is 2.45. The summed E-state index contributed by atoms with van der Waals surface area (Å²) in [5, 5.41) is 11.7. The van der Waals surface area contributed by atoms with Crippen LogP contribution in [0, 0.1) is 0 Å². The summed E-state index contributed by atoms with van der Waals surface area (Å²) >= 11 is 0. The number of pyridine rings is 1. The molecule has 0 unspecified atom stereocenters. The molecule has 0 bridgehead atoms. The lowest BCUT2D eigenvalue weighted by molar-refractivity contribution is 0.311. The van der Waals surface area contributed by atoms with Gasteiger partial charge in [0.15, 0.2) is 0 Å². The Morgan fingerprint density at radius 2 is 2.17 bits per heavy atom. The number of rotatable bonds is 5. The van der Waals surface area contributed by atoms with Crippen LogP contribution in [0.1, 0.15) is 0 Å². The predicted octanol–water partition coefficient (Wildman–Crippen LogP) is 0.951. The monoisotopic (exact) mass is 246 g/mol. The van der Waals surface area contributed by atoms with Gasteiger partial charge in [-0.15, -0.1) is 0 Å². The first-order valence-corrected chi connectivity index (χ1v) is 5.50. The summed E-state index contributed by atoms with van der Waals surface area (Å²) in [4.78, 5) is 12.4. The molecule has 6 heteroatoms. The highest BCUT2D eigenvalue weighted by Crippen LogP contribution is 2.19. The number of hydrogen-bond acceptors (Lipinski definition) is 6. The van der Waals surface area contributed by atoms with Crippen molar-refractivity contribution in [2.45, 2.75) is 0 Å². The number of aliphatic hydroxyl groups is 1. The minimum Gasteiger partial charge on any atom is -0.481 e. The fraction of sp³-hybridized carbons (Fsp3) is 0.250. The summed E-state index contributed by atoms with van der Waals surface area (Å²) in [6, 6.07) is 5.46. The molecule has 0 atom stereocenters. The fourth-order valence-electron chi connectivity index (χ4n) is 1.45. The second-order valence-corrected chi connectivity index (χ2v) is 3.53. The van der Waals surface area contributed by atoms with E-state index in [2.05, 4.69) is 20.3 Å². The van der Waals surface area contributed by atoms with E-state index >= 15 is 0 Å². The highest BCUT2D eigenvalue weighted by molar-refractivity contribution is 5.61. The standard InChI is InChI=1S/C12H14N4O2/c1-18-12-3-2-9(7-14-12)10-6-11(13-4-5-17)16-8-15-10/h2-3,6-8,17H,4-5H2,1H3,(H,13,15,16). The molecular formula is C12H14N4O2. The van der Waals surface area contributed by atoms with Crippen LogP contribution in [-0.4, -0.2) is 40.3 Å². The molecule has 0 aliphatic carbocycles. The van der Waals surface area contributed by atoms with Gasteiger partial charge in [-0.3, -0.25) is 0 Å². The van der Waals surface area contributed by atoms with Gasteiger partial charge in [-0.05, 0) is 6.07 Å². The molecule has 0 aliphatic rings. The molecule has 0 aromatic carbocycles. The van der Waals surface area contributed by atoms with Crippen molar-refractivity contribution in [1.29, 1.82) is 0 Å². The van der Waals surface area contributed by atoms with E-state index in [9.17, 15) is 0 Å². The van der Waals surface area contributed by atoms with Crippen LogP contribution in [-0.2, 0) is 0 Å². The Labute approximate surface area is 105 Å². The van der Waals surface area contributed by atoms with Gasteiger partial charge in [-0.25, -0.2) is 15.0 Å². The summed E-state index contributed by atoms with van der Waals surface area (Å²) in [6.07, 6.45) is 3.16. The number of aromatic nitrogens is 3. The summed E-state index contributed by atoms with van der Waals surface area (Å²) in [7, 11) is 1.57. The van der Waals surface area contributed by atoms with Crippen LogP contribution < -0.4 is 10.1 Å². The lowest BCUT2D eigenvalue weighted by atomic mass is 10.2. The minimum absolute atomic E-state index is 0.0590. The number of methoxy groups -OCH3 is 1. The molecule has 94 valence electrons. The van der Waals surface area contributed by atoms with Crippen molar-refractivity contribution < 1.29 is 9.84 Å². The lowest BCUT2D eigenvalue weighted by Crippen LogP contribution is -2.07. The lowest BCUT2D eigenvalue weighted by Gasteiger charge is -2.05. The smallest absolute Gasteiger partial charge is 0.212 e. The Morgan fingerprint density at radius 3 is 2.83 bits per heavy atom. The molecule has 2 aromatic rings. The van der Waals surface area contributed by atoms with Crippen LogP contribution in [0.3, 0.4) is 0 Å². The molecule has 0 fully saturated rings. The maximum absolute atomic E-state index is 8.74. The average molecular weight is 246 g/mol. The van der Waals surface area contributed by atoms with E-state index in [0.717, 1.165) is 11.3 Å². The second kappa shape index (κ2) is 5.92. The Balaban J connectivity index is 2.20. The van der Waals surface area contributed by atoms with Crippen molar-refractivity contribution >= 4 is 5.82 Å². The van der Waals surface area contributed by atoms with Gasteiger partial charge in [0.1, 0.15) is 12.1 Å². The van der Waals surface area contributed by atoms with Gasteiger partial charge in [-0.1, -0.05) is 0 Å². The van der Waals surface area contributed by atoms with Gasteiger partial charge >= 0.3 is 0 Å². The van der Waals surface area contributed by atoms with Gasteiger partial charge < -0.3 is 15.2 Å². The van der Waals surface area contributed by atoms with E-state index < -0.39 is 0 Å². The maximum Gasteiger partial charge on any atom is 0.212 e. The molecular weight excluding hydrogens is 232 g/mol. The number of nitrogens with zero attached hydrogens (tertiary/aromatic N) is 3. The van der Waals surface area contributed by atoms with Gasteiger partial charge in [-0.2, -0.15) is 0 Å². The summed E-state index contributed by atoms with van der Waals surface area (Å²) in [5.41, 5.74) is 1.64. The van der Waals surface area contributed by atoms with Crippen molar-refractivity contribution in [3.8, 4) is 17.1 Å². The van der Waals surface area contributed by atoms with Crippen LogP contribution in [0.5, 0.6) is 5.88 Å². The summed E-state index contributed by atoms with van der Waals surface area (Å²) in [5.74, 6) is 1.23. The third-order valence-electron chi connectivity index (χ3n) is 2.33.